The van der Waals surface area contributed by atoms with Crippen molar-refractivity contribution in [1.29, 1.82) is 0 Å². The maximum atomic E-state index is 13.4. The van der Waals surface area contributed by atoms with Crippen LogP contribution < -0.4 is 15.4 Å². The molecule has 0 saturated heterocycles. The Labute approximate surface area is 179 Å². The lowest BCUT2D eigenvalue weighted by Crippen LogP contribution is -2.35. The summed E-state index contributed by atoms with van der Waals surface area (Å²) in [5.74, 6) is 0.812. The molecule has 1 aliphatic carbocycles. The first-order valence-electron chi connectivity index (χ1n) is 10.6. The van der Waals surface area contributed by atoms with Crippen LogP contribution in [0.4, 0.5) is 25.1 Å². The van der Waals surface area contributed by atoms with Gasteiger partial charge in [0, 0.05) is 35.5 Å². The largest absolute Gasteiger partial charge is 0.475 e. The summed E-state index contributed by atoms with van der Waals surface area (Å²) in [4.78, 5) is 16.2. The number of alkyl halides is 2. The topological polar surface area (TPSA) is 101 Å². The van der Waals surface area contributed by atoms with E-state index < -0.39 is 12.5 Å². The summed E-state index contributed by atoms with van der Waals surface area (Å²) in [5.41, 5.74) is 0.977. The van der Waals surface area contributed by atoms with Crippen molar-refractivity contribution in [3.8, 4) is 5.88 Å². The molecule has 10 heteroatoms. The van der Waals surface area contributed by atoms with E-state index in [0.29, 0.717) is 30.8 Å². The molecule has 3 heterocycles. The monoisotopic (exact) mass is 435 g/mol. The Kier molecular flexibility index (Phi) is 6.24. The lowest BCUT2D eigenvalue weighted by Gasteiger charge is -2.20. The Bertz CT molecular complexity index is 922. The molecule has 4 rings (SSSR count). The van der Waals surface area contributed by atoms with Gasteiger partial charge < -0.3 is 20.1 Å². The second-order valence-electron chi connectivity index (χ2n) is 8.34. The van der Waals surface area contributed by atoms with E-state index in [1.54, 1.807) is 6.07 Å². The third-order valence-electron chi connectivity index (χ3n) is 5.71. The standard InChI is InChI=1S/C21H27F2N5O3/c1-11-3-4-12(2)30-19-9-14(8-17(26-19)20(22)23)25-18-10-16(27-28-18)13-5-6-15(7-13)31-21(29)24-11/h8-13,15,20H,3-7H2,1-2H3,(H,24,29)(H2,25,27,28). The predicted octanol–water partition coefficient (Wildman–Crippen LogP) is 4.80. The van der Waals surface area contributed by atoms with E-state index in [1.165, 1.54) is 6.07 Å². The number of amides is 1. The average molecular weight is 435 g/mol. The number of aromatic nitrogens is 3. The molecule has 1 saturated carbocycles. The maximum absolute atomic E-state index is 13.4. The Morgan fingerprint density at radius 2 is 1.94 bits per heavy atom. The Morgan fingerprint density at radius 1 is 1.10 bits per heavy atom. The second-order valence-corrected chi connectivity index (χ2v) is 8.34. The van der Waals surface area contributed by atoms with Crippen LogP contribution in [0.25, 0.3) is 0 Å². The van der Waals surface area contributed by atoms with Crippen molar-refractivity contribution in [3.05, 3.63) is 29.6 Å². The van der Waals surface area contributed by atoms with Crippen LogP contribution in [0.3, 0.4) is 0 Å². The number of halogens is 2. The Morgan fingerprint density at radius 3 is 2.74 bits per heavy atom. The number of nitrogens with zero attached hydrogens (tertiary/aromatic N) is 2. The summed E-state index contributed by atoms with van der Waals surface area (Å²) in [5, 5.41) is 13.2. The van der Waals surface area contributed by atoms with E-state index in [2.05, 4.69) is 25.8 Å². The van der Waals surface area contributed by atoms with Crippen LogP contribution in [0.5, 0.6) is 5.88 Å². The highest BCUT2D eigenvalue weighted by molar-refractivity contribution is 5.67. The molecule has 8 nitrogen and oxygen atoms in total. The number of alkyl carbamates (subject to hydrolysis) is 1. The molecule has 31 heavy (non-hydrogen) atoms. The quantitative estimate of drug-likeness (QED) is 0.595. The van der Waals surface area contributed by atoms with E-state index in [1.807, 2.05) is 19.9 Å². The van der Waals surface area contributed by atoms with Gasteiger partial charge in [0.05, 0.1) is 6.10 Å². The number of carbonyl (C=O) groups excluding carboxylic acids is 1. The number of aromatic amines is 1. The summed E-state index contributed by atoms with van der Waals surface area (Å²) in [6, 6.07) is 4.63. The third kappa shape index (κ3) is 5.42. The lowest BCUT2D eigenvalue weighted by atomic mass is 10.0. The zero-order chi connectivity index (χ0) is 22.0. The fraction of sp³-hybridized carbons (Fsp3) is 0.571. The second kappa shape index (κ2) is 9.07. The first-order chi connectivity index (χ1) is 14.9. The van der Waals surface area contributed by atoms with Crippen LogP contribution in [0, 0.1) is 0 Å². The summed E-state index contributed by atoms with van der Waals surface area (Å²) < 4.78 is 38.1. The number of nitrogens with one attached hydrogen (secondary N) is 3. The number of anilines is 2. The molecule has 6 bridgehead atoms. The van der Waals surface area contributed by atoms with Gasteiger partial charge in [0.25, 0.3) is 6.43 Å². The first kappa shape index (κ1) is 21.3. The fourth-order valence-electron chi connectivity index (χ4n) is 4.07. The molecule has 0 spiro atoms. The number of ether oxygens (including phenoxy) is 2. The summed E-state index contributed by atoms with van der Waals surface area (Å²) in [6.07, 6.45) is 0.0573. The molecule has 1 amide bonds. The molecule has 2 aliphatic rings. The Balaban J connectivity index is 1.61. The van der Waals surface area contributed by atoms with Gasteiger partial charge in [-0.15, -0.1) is 0 Å². The molecule has 2 aromatic heterocycles. The number of H-pyrrole nitrogens is 1. The molecule has 168 valence electrons. The van der Waals surface area contributed by atoms with Crippen molar-refractivity contribution in [2.45, 2.75) is 76.5 Å². The van der Waals surface area contributed by atoms with Gasteiger partial charge in [0.2, 0.25) is 5.88 Å². The molecular formula is C21H27F2N5O3. The molecular weight excluding hydrogens is 408 g/mol. The minimum atomic E-state index is -2.72. The van der Waals surface area contributed by atoms with Gasteiger partial charge in [-0.3, -0.25) is 5.10 Å². The molecule has 4 atom stereocenters. The van der Waals surface area contributed by atoms with Gasteiger partial charge in [-0.2, -0.15) is 5.10 Å². The molecule has 1 aliphatic heterocycles. The van der Waals surface area contributed by atoms with Crippen molar-refractivity contribution in [2.75, 3.05) is 5.32 Å². The van der Waals surface area contributed by atoms with Crippen LogP contribution in [-0.2, 0) is 4.74 Å². The SMILES string of the molecule is CC1CCC(C)Oc2cc(cc(C(F)F)n2)Nc2cc([nH]n2)C2CCC(C2)OC(=O)N1. The Hall–Kier alpha value is -2.91. The van der Waals surface area contributed by atoms with Crippen molar-refractivity contribution < 1.29 is 23.0 Å². The summed E-state index contributed by atoms with van der Waals surface area (Å²) >= 11 is 0. The normalized spacial score (nSPS) is 26.8. The molecule has 2 aromatic rings. The van der Waals surface area contributed by atoms with Crippen LogP contribution in [-0.4, -0.2) is 39.5 Å². The van der Waals surface area contributed by atoms with Crippen molar-refractivity contribution in [3.63, 3.8) is 0 Å². The van der Waals surface area contributed by atoms with Gasteiger partial charge in [-0.1, -0.05) is 0 Å². The highest BCUT2D eigenvalue weighted by atomic mass is 19.3. The van der Waals surface area contributed by atoms with Gasteiger partial charge in [0.15, 0.2) is 5.82 Å². The number of carbonyl (C=O) groups is 1. The molecule has 1 fully saturated rings. The van der Waals surface area contributed by atoms with E-state index in [0.717, 1.165) is 18.5 Å². The fourth-order valence-corrected chi connectivity index (χ4v) is 4.07. The van der Waals surface area contributed by atoms with E-state index in [4.69, 9.17) is 9.47 Å². The van der Waals surface area contributed by atoms with Gasteiger partial charge in [-0.25, -0.2) is 18.6 Å². The minimum Gasteiger partial charge on any atom is -0.475 e. The van der Waals surface area contributed by atoms with E-state index in [-0.39, 0.29) is 35.7 Å². The van der Waals surface area contributed by atoms with Gasteiger partial charge in [0.1, 0.15) is 11.8 Å². The average Bonchev–Trinajstić information content (AvgIpc) is 3.35. The van der Waals surface area contributed by atoms with Crippen LogP contribution in [0.2, 0.25) is 0 Å². The molecule has 4 unspecified atom stereocenters. The third-order valence-corrected chi connectivity index (χ3v) is 5.71. The minimum absolute atomic E-state index is 0.109. The number of hydrogen-bond acceptors (Lipinski definition) is 6. The van der Waals surface area contributed by atoms with Crippen LogP contribution in [0.1, 0.15) is 69.7 Å². The maximum Gasteiger partial charge on any atom is 0.407 e. The molecule has 3 N–H and O–H groups in total. The molecule has 0 radical (unpaired) electrons. The summed E-state index contributed by atoms with van der Waals surface area (Å²) in [6.45, 7) is 3.74. The van der Waals surface area contributed by atoms with Crippen molar-refractivity contribution >= 4 is 17.6 Å². The van der Waals surface area contributed by atoms with Gasteiger partial charge >= 0.3 is 6.09 Å². The van der Waals surface area contributed by atoms with Gasteiger partial charge in [-0.05, 0) is 52.0 Å². The van der Waals surface area contributed by atoms with Crippen LogP contribution >= 0.6 is 0 Å². The summed E-state index contributed by atoms with van der Waals surface area (Å²) in [7, 11) is 0. The zero-order valence-corrected chi connectivity index (χ0v) is 17.5. The number of pyridine rings is 1. The zero-order valence-electron chi connectivity index (χ0n) is 17.5. The van der Waals surface area contributed by atoms with E-state index in [9.17, 15) is 13.6 Å². The highest BCUT2D eigenvalue weighted by Gasteiger charge is 2.30. The highest BCUT2D eigenvalue weighted by Crippen LogP contribution is 2.36. The number of rotatable bonds is 1. The smallest absolute Gasteiger partial charge is 0.407 e. The number of hydrogen-bond donors (Lipinski definition) is 3. The van der Waals surface area contributed by atoms with E-state index >= 15 is 0 Å². The van der Waals surface area contributed by atoms with Crippen molar-refractivity contribution in [1.82, 2.24) is 20.5 Å². The van der Waals surface area contributed by atoms with Crippen LogP contribution in [0.15, 0.2) is 18.2 Å². The first-order valence-corrected chi connectivity index (χ1v) is 10.6. The predicted molar refractivity (Wildman–Crippen MR) is 110 cm³/mol. The van der Waals surface area contributed by atoms with Crippen molar-refractivity contribution in [2.24, 2.45) is 0 Å². The lowest BCUT2D eigenvalue weighted by molar-refractivity contribution is 0.0963. The number of fused-ring (bicyclic) bond motifs is 7. The molecule has 0 aromatic carbocycles.